The van der Waals surface area contributed by atoms with Gasteiger partial charge < -0.3 is 20.4 Å². The number of aryl methyl sites for hydroxylation is 4. The largest absolute Gasteiger partial charge is 0.352 e. The molecule has 2 aliphatic heterocycles. The summed E-state index contributed by atoms with van der Waals surface area (Å²) in [5.41, 5.74) is 7.00. The molecule has 0 aliphatic carbocycles. The fourth-order valence-corrected chi connectivity index (χ4v) is 11.0. The van der Waals surface area contributed by atoms with Crippen molar-refractivity contribution in [2.24, 2.45) is 0 Å². The van der Waals surface area contributed by atoms with E-state index in [1.807, 2.05) is 72.8 Å². The summed E-state index contributed by atoms with van der Waals surface area (Å²) >= 11 is 0. The average Bonchev–Trinajstić information content (AvgIpc) is 3.47. The van der Waals surface area contributed by atoms with E-state index in [-0.39, 0.29) is 35.0 Å². The zero-order valence-corrected chi connectivity index (χ0v) is 44.0. The van der Waals surface area contributed by atoms with Crippen LogP contribution in [0.3, 0.4) is 0 Å². The van der Waals surface area contributed by atoms with Gasteiger partial charge in [-0.2, -0.15) is 0 Å². The topological polar surface area (TPSA) is 133 Å². The van der Waals surface area contributed by atoms with Gasteiger partial charge in [0, 0.05) is 36.3 Å². The number of Topliss-reactive ketones (excluding diaryl/α,β-unsaturated/α-hetero) is 2. The molecule has 2 fully saturated rings. The van der Waals surface area contributed by atoms with E-state index in [1.165, 1.54) is 32.1 Å². The maximum atomic E-state index is 14.1. The third-order valence-corrected chi connectivity index (χ3v) is 15.3. The number of hydrogen-bond acceptors (Lipinski definition) is 6. The number of nitrogens with zero attached hydrogens (tertiary/aromatic N) is 2. The average molecular weight is 1020 g/mol. The van der Waals surface area contributed by atoms with Crippen molar-refractivity contribution in [2.75, 3.05) is 13.1 Å². The first-order valence-corrected chi connectivity index (χ1v) is 27.9. The van der Waals surface area contributed by atoms with Crippen LogP contribution in [0.25, 0.3) is 11.1 Å². The molecule has 10 nitrogen and oxygen atoms in total. The minimum atomic E-state index is -0.727. The van der Waals surface area contributed by atoms with Gasteiger partial charge in [-0.1, -0.05) is 170 Å². The van der Waals surface area contributed by atoms with Crippen molar-refractivity contribution in [1.82, 2.24) is 20.4 Å². The lowest BCUT2D eigenvalue weighted by molar-refractivity contribution is -0.139. The van der Waals surface area contributed by atoms with E-state index in [4.69, 9.17) is 0 Å². The van der Waals surface area contributed by atoms with E-state index in [0.29, 0.717) is 38.8 Å². The number of ketones is 2. The summed E-state index contributed by atoms with van der Waals surface area (Å²) in [6.45, 7) is 0.663. The SMILES string of the molecule is O=C(C(=O)N1CCCCC1C(=O)NC(CCCc1ccccc1)CCCc1ccccc1)c1ccc(-c2ccc(C(=O)C(=O)N3CCCC[C@H]3C(=O)NC(CCCc3ccccc3)CCCc3ccccc3)cc2)cc1. The highest BCUT2D eigenvalue weighted by Crippen LogP contribution is 2.26. The van der Waals surface area contributed by atoms with Gasteiger partial charge in [0.1, 0.15) is 12.1 Å². The molecule has 0 radical (unpaired) electrons. The quantitative estimate of drug-likeness (QED) is 0.0433. The van der Waals surface area contributed by atoms with Crippen LogP contribution in [0.4, 0.5) is 0 Å². The third kappa shape index (κ3) is 15.8. The molecule has 0 aromatic heterocycles. The van der Waals surface area contributed by atoms with Gasteiger partial charge in [0.2, 0.25) is 23.4 Å². The van der Waals surface area contributed by atoms with Gasteiger partial charge in [-0.15, -0.1) is 0 Å². The van der Waals surface area contributed by atoms with Crippen LogP contribution in [0.5, 0.6) is 0 Å². The Morgan fingerprint density at radius 3 is 0.961 bits per heavy atom. The lowest BCUT2D eigenvalue weighted by atomic mass is 9.96. The molecule has 2 atom stereocenters. The van der Waals surface area contributed by atoms with Crippen LogP contribution in [-0.4, -0.2) is 82.3 Å². The molecule has 0 bridgehead atoms. The molecule has 8 rings (SSSR count). The maximum Gasteiger partial charge on any atom is 0.295 e. The molecule has 1 unspecified atom stereocenters. The van der Waals surface area contributed by atoms with E-state index >= 15 is 0 Å². The molecule has 0 spiro atoms. The monoisotopic (exact) mass is 1020 g/mol. The highest BCUT2D eigenvalue weighted by atomic mass is 16.2. The number of hydrogen-bond donors (Lipinski definition) is 2. The summed E-state index contributed by atoms with van der Waals surface area (Å²) in [7, 11) is 0. The Bertz CT molecular complexity index is 2520. The fourth-order valence-electron chi connectivity index (χ4n) is 11.0. The van der Waals surface area contributed by atoms with Crippen LogP contribution in [0.15, 0.2) is 170 Å². The minimum Gasteiger partial charge on any atom is -0.352 e. The van der Waals surface area contributed by atoms with Gasteiger partial charge in [-0.05, 0) is 149 Å². The van der Waals surface area contributed by atoms with E-state index in [9.17, 15) is 28.8 Å². The van der Waals surface area contributed by atoms with E-state index in [1.54, 1.807) is 48.5 Å². The van der Waals surface area contributed by atoms with Crippen molar-refractivity contribution in [2.45, 2.75) is 140 Å². The number of nitrogens with one attached hydrogen (secondary N) is 2. The van der Waals surface area contributed by atoms with Crippen LogP contribution in [0.2, 0.25) is 0 Å². The number of amides is 4. The number of piperidine rings is 2. The molecule has 6 aromatic carbocycles. The van der Waals surface area contributed by atoms with Gasteiger partial charge in [0.25, 0.3) is 11.8 Å². The summed E-state index contributed by atoms with van der Waals surface area (Å²) in [5, 5.41) is 6.62. The Morgan fingerprint density at radius 1 is 0.382 bits per heavy atom. The third-order valence-electron chi connectivity index (χ3n) is 15.3. The van der Waals surface area contributed by atoms with Crippen LogP contribution in [-0.2, 0) is 44.9 Å². The molecule has 2 saturated heterocycles. The Kier molecular flexibility index (Phi) is 20.5. The second-order valence-electron chi connectivity index (χ2n) is 20.8. The summed E-state index contributed by atoms with van der Waals surface area (Å²) in [6.07, 6.45) is 14.5. The van der Waals surface area contributed by atoms with Crippen molar-refractivity contribution in [1.29, 1.82) is 0 Å². The highest BCUT2D eigenvalue weighted by molar-refractivity contribution is 6.43. The first kappa shape index (κ1) is 54.8. The van der Waals surface area contributed by atoms with Crippen molar-refractivity contribution in [3.63, 3.8) is 0 Å². The summed E-state index contributed by atoms with van der Waals surface area (Å²) < 4.78 is 0. The van der Waals surface area contributed by atoms with Crippen LogP contribution in [0.1, 0.15) is 133 Å². The Morgan fingerprint density at radius 2 is 0.671 bits per heavy atom. The summed E-state index contributed by atoms with van der Waals surface area (Å²) in [5.74, 6) is -3.11. The first-order chi connectivity index (χ1) is 37.2. The smallest absolute Gasteiger partial charge is 0.295 e. The molecule has 0 saturated carbocycles. The number of rotatable bonds is 25. The Labute approximate surface area is 449 Å². The standard InChI is InChI=1S/C66H74N4O6/c71-61(65(75)69-47-15-13-37-59(69)63(73)67-57(33-17-29-49-21-5-1-6-22-49)34-18-30-50-23-7-2-8-24-50)55-43-39-53(40-44-55)54-41-45-56(46-42-54)62(72)66(76)70-48-16-14-38-60(70)64(74)68-58(35-19-31-51-25-9-3-10-26-51)36-20-32-52-27-11-4-12-28-52/h1-12,21-28,39-46,57-60H,13-20,29-38,47-48H2,(H,67,73)(H,68,74)/t59-,60?/m0/s1. The molecular weight excluding hydrogens is 945 g/mol. The predicted molar refractivity (Wildman–Crippen MR) is 301 cm³/mol. The molecule has 10 heteroatoms. The minimum absolute atomic E-state index is 0.0602. The summed E-state index contributed by atoms with van der Waals surface area (Å²) in [4.78, 5) is 86.6. The molecular formula is C66H74N4O6. The Hall–Kier alpha value is -7.46. The first-order valence-electron chi connectivity index (χ1n) is 27.9. The van der Waals surface area contributed by atoms with Crippen molar-refractivity contribution in [3.8, 4) is 11.1 Å². The van der Waals surface area contributed by atoms with Crippen molar-refractivity contribution >= 4 is 35.2 Å². The normalized spacial score (nSPS) is 15.6. The number of carbonyl (C=O) groups excluding carboxylic acids is 6. The van der Waals surface area contributed by atoms with Crippen LogP contribution < -0.4 is 10.6 Å². The van der Waals surface area contributed by atoms with Crippen LogP contribution in [0, 0.1) is 0 Å². The lowest BCUT2D eigenvalue weighted by Crippen LogP contribution is -2.55. The zero-order chi connectivity index (χ0) is 52.9. The molecule has 2 aliphatic rings. The molecule has 4 amide bonds. The van der Waals surface area contributed by atoms with Gasteiger partial charge in [0.15, 0.2) is 0 Å². The van der Waals surface area contributed by atoms with Gasteiger partial charge in [-0.25, -0.2) is 0 Å². The van der Waals surface area contributed by atoms with E-state index in [0.717, 1.165) is 101 Å². The molecule has 76 heavy (non-hydrogen) atoms. The summed E-state index contributed by atoms with van der Waals surface area (Å²) in [6, 6.07) is 53.3. The molecule has 2 heterocycles. The van der Waals surface area contributed by atoms with Gasteiger partial charge >= 0.3 is 0 Å². The van der Waals surface area contributed by atoms with E-state index < -0.39 is 35.5 Å². The molecule has 6 aromatic rings. The van der Waals surface area contributed by atoms with Gasteiger partial charge in [0.05, 0.1) is 0 Å². The molecule has 2 N–H and O–H groups in total. The maximum absolute atomic E-state index is 14.1. The predicted octanol–water partition coefficient (Wildman–Crippen LogP) is 11.5. The van der Waals surface area contributed by atoms with Crippen molar-refractivity contribution in [3.05, 3.63) is 203 Å². The number of benzene rings is 6. The zero-order valence-electron chi connectivity index (χ0n) is 44.0. The Balaban J connectivity index is 0.856. The van der Waals surface area contributed by atoms with Gasteiger partial charge in [-0.3, -0.25) is 28.8 Å². The number of likely N-dealkylation sites (tertiary alicyclic amines) is 2. The lowest BCUT2D eigenvalue weighted by Gasteiger charge is -2.35. The second-order valence-corrected chi connectivity index (χ2v) is 20.8. The fraction of sp³-hybridized carbons (Fsp3) is 0.364. The second kappa shape index (κ2) is 28.4. The number of carbonyl (C=O) groups is 6. The van der Waals surface area contributed by atoms with Crippen LogP contribution >= 0.6 is 0 Å². The van der Waals surface area contributed by atoms with Crippen molar-refractivity contribution < 1.29 is 28.8 Å². The molecule has 394 valence electrons. The highest BCUT2D eigenvalue weighted by Gasteiger charge is 2.38. The van der Waals surface area contributed by atoms with E-state index in [2.05, 4.69) is 59.2 Å².